The quantitative estimate of drug-likeness (QED) is 0.0450. The second kappa shape index (κ2) is 28.5. The number of nitrogens with zero attached hydrogens (tertiary/aromatic N) is 4. The van der Waals surface area contributed by atoms with Crippen molar-refractivity contribution in [3.63, 3.8) is 0 Å². The monoisotopic (exact) mass is 768 g/mol. The van der Waals surface area contributed by atoms with Gasteiger partial charge in [0.05, 0.1) is 26.4 Å². The van der Waals surface area contributed by atoms with Crippen LogP contribution in [0.4, 0.5) is 23.3 Å². The lowest BCUT2D eigenvalue weighted by molar-refractivity contribution is 0.0705. The second-order valence-electron chi connectivity index (χ2n) is 11.0. The molecule has 0 unspecified atom stereocenters. The van der Waals surface area contributed by atoms with Crippen molar-refractivity contribution in [3.05, 3.63) is 22.8 Å². The van der Waals surface area contributed by atoms with E-state index in [1.54, 1.807) is 28.4 Å². The van der Waals surface area contributed by atoms with Gasteiger partial charge >= 0.3 is 0 Å². The van der Waals surface area contributed by atoms with Crippen molar-refractivity contribution in [1.29, 1.82) is 0 Å². The molecule has 0 spiro atoms. The number of rotatable bonds is 30. The largest absolute Gasteiger partial charge is 0.385 e. The summed E-state index contributed by atoms with van der Waals surface area (Å²) in [5.74, 6) is -2.62. The molecule has 2 aromatic rings. The molecule has 2 aromatic heterocycles. The molecule has 0 saturated heterocycles. The maximum absolute atomic E-state index is 11.8. The molecule has 0 aromatic carbocycles. The van der Waals surface area contributed by atoms with Crippen LogP contribution in [-0.2, 0) is 28.4 Å². The minimum atomic E-state index is -0.775. The van der Waals surface area contributed by atoms with Crippen molar-refractivity contribution in [1.82, 2.24) is 19.9 Å². The van der Waals surface area contributed by atoms with Gasteiger partial charge in [-0.3, -0.25) is 19.2 Å². The molecule has 12 N–H and O–H groups in total. The fourth-order valence-electron chi connectivity index (χ4n) is 4.15. The molecule has 0 radical (unpaired) electrons. The van der Waals surface area contributed by atoms with Crippen molar-refractivity contribution in [3.8, 4) is 0 Å². The molecule has 0 fully saturated rings. The van der Waals surface area contributed by atoms with Gasteiger partial charge in [-0.1, -0.05) is 0 Å². The summed E-state index contributed by atoms with van der Waals surface area (Å²) in [6, 6.07) is 0. The standard InChI is InChI=1S/C18H32N6O6.C14H24N6O4/c1-27-9-11-29-7-3-5-21-17-13(15(19)25)24-18(14(23-17)16(20)26)22-6-4-8-30-12-10-28-2;1-23-7-3-5-17-13-9(11(15)21)20-14(10(19-13)12(16)22)18-6-4-8-24-2/h3-12H2,1-2H3,(H2,19,25)(H2,20,26)(H,21,23)(H,22,24);3-8H2,1-2H3,(H2,15,21)(H2,16,22)(H,17,19)(H,18,20). The van der Waals surface area contributed by atoms with Crippen LogP contribution in [-0.4, -0.2) is 151 Å². The Morgan fingerprint density at radius 1 is 0.407 bits per heavy atom. The summed E-state index contributed by atoms with van der Waals surface area (Å²) in [4.78, 5) is 63.4. The first-order chi connectivity index (χ1) is 26.0. The molecule has 2 heterocycles. The van der Waals surface area contributed by atoms with E-state index in [-0.39, 0.29) is 46.0 Å². The van der Waals surface area contributed by atoms with Gasteiger partial charge in [0.1, 0.15) is 0 Å². The van der Waals surface area contributed by atoms with Crippen LogP contribution in [0.3, 0.4) is 0 Å². The van der Waals surface area contributed by atoms with Crippen molar-refractivity contribution in [2.24, 2.45) is 22.9 Å². The summed E-state index contributed by atoms with van der Waals surface area (Å²) < 4.78 is 30.4. The van der Waals surface area contributed by atoms with Gasteiger partial charge in [-0.05, 0) is 25.7 Å². The van der Waals surface area contributed by atoms with Crippen LogP contribution >= 0.6 is 0 Å². The maximum atomic E-state index is 11.8. The second-order valence-corrected chi connectivity index (χ2v) is 11.0. The Hall–Kier alpha value is -5.00. The Labute approximate surface area is 314 Å². The average molecular weight is 769 g/mol. The number of hydrogen-bond donors (Lipinski definition) is 8. The van der Waals surface area contributed by atoms with E-state index in [2.05, 4.69) is 41.2 Å². The molecule has 0 atom stereocenters. The van der Waals surface area contributed by atoms with Crippen LogP contribution in [0.5, 0.6) is 0 Å². The minimum absolute atomic E-state index is 0.0633. The van der Waals surface area contributed by atoms with Gasteiger partial charge in [-0.2, -0.15) is 0 Å². The Kier molecular flexibility index (Phi) is 24.8. The highest BCUT2D eigenvalue weighted by Crippen LogP contribution is 2.19. The topological polar surface area (TPSA) is 327 Å². The third-order valence-electron chi connectivity index (χ3n) is 6.74. The zero-order chi connectivity index (χ0) is 40.1. The van der Waals surface area contributed by atoms with Gasteiger partial charge in [0.25, 0.3) is 23.6 Å². The van der Waals surface area contributed by atoms with E-state index in [4.69, 9.17) is 51.4 Å². The lowest BCUT2D eigenvalue weighted by atomic mass is 10.3. The Morgan fingerprint density at radius 3 is 0.870 bits per heavy atom. The number of carbonyl (C=O) groups is 4. The zero-order valence-electron chi connectivity index (χ0n) is 31.5. The molecule has 0 saturated carbocycles. The number of primary amides is 4. The number of carbonyl (C=O) groups excluding carboxylic acids is 4. The molecule has 54 heavy (non-hydrogen) atoms. The predicted octanol–water partition coefficient (Wildman–Crippen LogP) is -0.824. The summed E-state index contributed by atoms with van der Waals surface area (Å²) in [7, 11) is 6.37. The van der Waals surface area contributed by atoms with E-state index in [1.165, 1.54) is 0 Å². The lowest BCUT2D eigenvalue weighted by Crippen LogP contribution is -2.24. The number of nitrogens with one attached hydrogen (secondary N) is 4. The van der Waals surface area contributed by atoms with Crippen molar-refractivity contribution in [2.75, 3.05) is 129 Å². The first kappa shape index (κ1) is 47.0. The highest BCUT2D eigenvalue weighted by atomic mass is 16.5. The number of methoxy groups -OCH3 is 4. The van der Waals surface area contributed by atoms with Crippen molar-refractivity contribution < 1.29 is 47.6 Å². The normalized spacial score (nSPS) is 10.6. The Balaban J connectivity index is 0.000000553. The van der Waals surface area contributed by atoms with Crippen molar-refractivity contribution in [2.45, 2.75) is 25.7 Å². The SMILES string of the molecule is COCCCNc1nc(C(N)=O)c(NCCCOC)nc1C(N)=O.COCCOCCCNc1nc(C(N)=O)c(NCCCOCCOC)nc1C(N)=O. The summed E-state index contributed by atoms with van der Waals surface area (Å²) in [5, 5.41) is 11.7. The fraction of sp³-hybridized carbons (Fsp3) is 0.625. The lowest BCUT2D eigenvalue weighted by Gasteiger charge is -2.14. The number of anilines is 4. The Morgan fingerprint density at radius 2 is 0.648 bits per heavy atom. The number of aromatic nitrogens is 4. The van der Waals surface area contributed by atoms with Crippen LogP contribution in [0.25, 0.3) is 0 Å². The molecule has 2 rings (SSSR count). The third-order valence-corrected chi connectivity index (χ3v) is 6.74. The fourth-order valence-corrected chi connectivity index (χ4v) is 4.15. The number of ether oxygens (including phenoxy) is 6. The predicted molar refractivity (Wildman–Crippen MR) is 200 cm³/mol. The third kappa shape index (κ3) is 18.7. The van der Waals surface area contributed by atoms with Gasteiger partial charge < -0.3 is 72.6 Å². The summed E-state index contributed by atoms with van der Waals surface area (Å²) in [6.07, 6.45) is 2.63. The van der Waals surface area contributed by atoms with E-state index in [1.807, 2.05) is 0 Å². The highest BCUT2D eigenvalue weighted by molar-refractivity contribution is 6.01. The maximum Gasteiger partial charge on any atom is 0.271 e. The van der Waals surface area contributed by atoms with Gasteiger partial charge in [-0.15, -0.1) is 0 Å². The van der Waals surface area contributed by atoms with E-state index in [0.29, 0.717) is 105 Å². The zero-order valence-corrected chi connectivity index (χ0v) is 31.5. The van der Waals surface area contributed by atoms with Gasteiger partial charge in [-0.25, -0.2) is 19.9 Å². The minimum Gasteiger partial charge on any atom is -0.385 e. The molecule has 304 valence electrons. The Bertz CT molecular complexity index is 1330. The molecule has 0 aliphatic heterocycles. The summed E-state index contributed by atoms with van der Waals surface area (Å²) in [6.45, 7) is 5.89. The number of nitrogens with two attached hydrogens (primary N) is 4. The number of amides is 4. The van der Waals surface area contributed by atoms with E-state index < -0.39 is 23.6 Å². The van der Waals surface area contributed by atoms with Crippen LogP contribution in [0, 0.1) is 0 Å². The molecule has 0 aliphatic rings. The van der Waals surface area contributed by atoms with E-state index in [0.717, 1.165) is 0 Å². The van der Waals surface area contributed by atoms with E-state index >= 15 is 0 Å². The van der Waals surface area contributed by atoms with Crippen LogP contribution in [0.2, 0.25) is 0 Å². The molecular weight excluding hydrogens is 712 g/mol. The smallest absolute Gasteiger partial charge is 0.271 e. The number of hydrogen-bond acceptors (Lipinski definition) is 18. The first-order valence-corrected chi connectivity index (χ1v) is 17.1. The van der Waals surface area contributed by atoms with E-state index in [9.17, 15) is 19.2 Å². The summed E-state index contributed by atoms with van der Waals surface area (Å²) >= 11 is 0. The van der Waals surface area contributed by atoms with Crippen molar-refractivity contribution >= 4 is 46.9 Å². The average Bonchev–Trinajstić information content (AvgIpc) is 3.14. The summed E-state index contributed by atoms with van der Waals surface area (Å²) in [5.41, 5.74) is 21.2. The first-order valence-electron chi connectivity index (χ1n) is 17.1. The highest BCUT2D eigenvalue weighted by Gasteiger charge is 2.21. The molecule has 0 bridgehead atoms. The molecular formula is C32H56N12O10. The molecule has 22 heteroatoms. The molecule has 22 nitrogen and oxygen atoms in total. The van der Waals surface area contributed by atoms with Gasteiger partial charge in [0.2, 0.25) is 0 Å². The van der Waals surface area contributed by atoms with Crippen LogP contribution < -0.4 is 44.2 Å². The van der Waals surface area contributed by atoms with Gasteiger partial charge in [0.15, 0.2) is 46.0 Å². The van der Waals surface area contributed by atoms with Gasteiger partial charge in [0, 0.05) is 81.0 Å². The molecule has 0 aliphatic carbocycles. The molecule has 4 amide bonds. The van der Waals surface area contributed by atoms with Crippen LogP contribution in [0.15, 0.2) is 0 Å². The van der Waals surface area contributed by atoms with Crippen LogP contribution in [0.1, 0.15) is 67.6 Å².